The molecule has 2 heterocycles. The van der Waals surface area contributed by atoms with Crippen LogP contribution < -0.4 is 4.90 Å². The molecule has 0 saturated carbocycles. The predicted molar refractivity (Wildman–Crippen MR) is 113 cm³/mol. The molecule has 0 bridgehead atoms. The Bertz CT molecular complexity index is 828. The van der Waals surface area contributed by atoms with Gasteiger partial charge in [0, 0.05) is 30.9 Å². The molecule has 1 N–H and O–H groups in total. The topological polar surface area (TPSA) is 56.1 Å². The molecule has 2 aromatic rings. The highest BCUT2D eigenvalue weighted by atomic mass is 19.4. The first kappa shape index (κ1) is 22.5. The van der Waals surface area contributed by atoms with Gasteiger partial charge in [-0.25, -0.2) is 9.97 Å². The molecule has 164 valence electrons. The molecule has 0 spiro atoms. The Morgan fingerprint density at radius 1 is 1.13 bits per heavy atom. The molecule has 0 unspecified atom stereocenters. The first-order valence-corrected chi connectivity index (χ1v) is 10.3. The van der Waals surface area contributed by atoms with Crippen molar-refractivity contribution in [3.8, 4) is 11.3 Å². The van der Waals surface area contributed by atoms with Crippen LogP contribution >= 0.6 is 0 Å². The van der Waals surface area contributed by atoms with Crippen molar-refractivity contribution in [2.75, 3.05) is 31.6 Å². The SMILES string of the molecule is CC(C)N1CCC(CN(C)c2nc(C[NH-])cc(-c3ccc(C(F)(F)F)cc3)n2)CC1. The minimum Gasteiger partial charge on any atom is -0.672 e. The summed E-state index contributed by atoms with van der Waals surface area (Å²) in [5.74, 6) is 1.06. The van der Waals surface area contributed by atoms with Gasteiger partial charge < -0.3 is 15.5 Å². The fraction of sp³-hybridized carbons (Fsp3) is 0.545. The van der Waals surface area contributed by atoms with Gasteiger partial charge in [0.05, 0.1) is 11.3 Å². The highest BCUT2D eigenvalue weighted by molar-refractivity contribution is 5.61. The van der Waals surface area contributed by atoms with Crippen LogP contribution in [0.3, 0.4) is 0 Å². The molecule has 0 radical (unpaired) electrons. The second-order valence-corrected chi connectivity index (χ2v) is 8.25. The van der Waals surface area contributed by atoms with E-state index in [-0.39, 0.29) is 6.54 Å². The summed E-state index contributed by atoms with van der Waals surface area (Å²) in [7, 11) is 1.94. The molecule has 5 nitrogen and oxygen atoms in total. The summed E-state index contributed by atoms with van der Waals surface area (Å²) in [6.45, 7) is 7.41. The summed E-state index contributed by atoms with van der Waals surface area (Å²) in [6.07, 6.45) is -2.13. The molecule has 8 heteroatoms. The van der Waals surface area contributed by atoms with Gasteiger partial charge in [-0.05, 0) is 63.9 Å². The van der Waals surface area contributed by atoms with Crippen molar-refractivity contribution in [1.82, 2.24) is 14.9 Å². The predicted octanol–water partition coefficient (Wildman–Crippen LogP) is 5.27. The highest BCUT2D eigenvalue weighted by Crippen LogP contribution is 2.31. The van der Waals surface area contributed by atoms with Crippen LogP contribution in [-0.2, 0) is 12.7 Å². The molecular weight excluding hydrogens is 391 g/mol. The molecule has 1 saturated heterocycles. The fourth-order valence-electron chi connectivity index (χ4n) is 3.84. The third-order valence-corrected chi connectivity index (χ3v) is 5.71. The summed E-state index contributed by atoms with van der Waals surface area (Å²) in [6, 6.07) is 7.20. The van der Waals surface area contributed by atoms with Crippen molar-refractivity contribution < 1.29 is 13.2 Å². The van der Waals surface area contributed by atoms with Crippen molar-refractivity contribution >= 4 is 5.95 Å². The van der Waals surface area contributed by atoms with Gasteiger partial charge in [0.1, 0.15) is 0 Å². The Morgan fingerprint density at radius 2 is 1.77 bits per heavy atom. The summed E-state index contributed by atoms with van der Waals surface area (Å²) < 4.78 is 38.5. The van der Waals surface area contributed by atoms with E-state index in [1.807, 2.05) is 11.9 Å². The van der Waals surface area contributed by atoms with Crippen LogP contribution in [0.15, 0.2) is 30.3 Å². The van der Waals surface area contributed by atoms with E-state index >= 15 is 0 Å². The second kappa shape index (κ2) is 9.31. The average molecular weight is 421 g/mol. The second-order valence-electron chi connectivity index (χ2n) is 8.25. The van der Waals surface area contributed by atoms with Crippen LogP contribution in [0.1, 0.15) is 37.9 Å². The normalized spacial score (nSPS) is 16.3. The molecule has 1 aliphatic heterocycles. The smallest absolute Gasteiger partial charge is 0.416 e. The standard InChI is InChI=1S/C22H29F3N5/c1-15(2)30-10-8-16(9-11-30)14-29(3)21-27-19(13-26)12-20(28-21)17-4-6-18(7-5-17)22(23,24)25/h4-7,12,15-16,26H,8-11,13-14H2,1-3H3/q-1. The zero-order chi connectivity index (χ0) is 21.9. The minimum atomic E-state index is -4.37. The molecule has 30 heavy (non-hydrogen) atoms. The van der Waals surface area contributed by atoms with E-state index in [9.17, 15) is 13.2 Å². The number of rotatable bonds is 6. The maximum Gasteiger partial charge on any atom is 0.416 e. The molecule has 0 amide bonds. The maximum absolute atomic E-state index is 12.8. The number of hydrogen-bond acceptors (Lipinski definition) is 4. The molecular formula is C22H29F3N5-. The van der Waals surface area contributed by atoms with Crippen LogP contribution in [0, 0.1) is 5.92 Å². The van der Waals surface area contributed by atoms with Gasteiger partial charge in [-0.3, -0.25) is 0 Å². The highest BCUT2D eigenvalue weighted by Gasteiger charge is 2.30. The van der Waals surface area contributed by atoms with E-state index in [1.165, 1.54) is 12.1 Å². The lowest BCUT2D eigenvalue weighted by Gasteiger charge is -2.36. The van der Waals surface area contributed by atoms with Gasteiger partial charge in [-0.2, -0.15) is 13.2 Å². The lowest BCUT2D eigenvalue weighted by molar-refractivity contribution is -0.137. The van der Waals surface area contributed by atoms with Crippen LogP contribution in [0.2, 0.25) is 0 Å². The number of anilines is 1. The number of halogens is 3. The molecule has 0 aliphatic carbocycles. The van der Waals surface area contributed by atoms with E-state index in [4.69, 9.17) is 5.73 Å². The number of nitrogens with one attached hydrogen (secondary N) is 1. The Kier molecular flexibility index (Phi) is 6.98. The van der Waals surface area contributed by atoms with E-state index in [0.717, 1.165) is 44.6 Å². The van der Waals surface area contributed by atoms with E-state index in [1.54, 1.807) is 6.07 Å². The largest absolute Gasteiger partial charge is 0.672 e. The van der Waals surface area contributed by atoms with Crippen molar-refractivity contribution in [3.63, 3.8) is 0 Å². The van der Waals surface area contributed by atoms with Gasteiger partial charge in [0.2, 0.25) is 5.95 Å². The number of benzene rings is 1. The number of alkyl halides is 3. The van der Waals surface area contributed by atoms with E-state index in [0.29, 0.717) is 34.9 Å². The number of aromatic nitrogens is 2. The molecule has 0 atom stereocenters. The molecule has 3 rings (SSSR count). The Balaban J connectivity index is 1.76. The lowest BCUT2D eigenvalue weighted by Crippen LogP contribution is -2.41. The van der Waals surface area contributed by atoms with Crippen LogP contribution in [0.5, 0.6) is 0 Å². The van der Waals surface area contributed by atoms with E-state index in [2.05, 4.69) is 28.7 Å². The summed E-state index contributed by atoms with van der Waals surface area (Å²) in [5, 5.41) is 0. The molecule has 1 aromatic carbocycles. The molecule has 1 aromatic heterocycles. The summed E-state index contributed by atoms with van der Waals surface area (Å²) >= 11 is 0. The van der Waals surface area contributed by atoms with Crippen molar-refractivity contribution in [1.29, 1.82) is 0 Å². The zero-order valence-electron chi connectivity index (χ0n) is 17.7. The third kappa shape index (κ3) is 5.49. The molecule has 1 aliphatic rings. The first-order valence-electron chi connectivity index (χ1n) is 10.3. The quantitative estimate of drug-likeness (QED) is 0.639. The number of hydrogen-bond donors (Lipinski definition) is 0. The van der Waals surface area contributed by atoms with Gasteiger partial charge in [0.15, 0.2) is 0 Å². The Morgan fingerprint density at radius 3 is 2.30 bits per heavy atom. The van der Waals surface area contributed by atoms with Crippen LogP contribution in [-0.4, -0.2) is 47.6 Å². The summed E-state index contributed by atoms with van der Waals surface area (Å²) in [5.41, 5.74) is 8.69. The van der Waals surface area contributed by atoms with Gasteiger partial charge in [-0.1, -0.05) is 12.1 Å². The Hall–Kier alpha value is -2.19. The van der Waals surface area contributed by atoms with E-state index < -0.39 is 11.7 Å². The van der Waals surface area contributed by atoms with Crippen LogP contribution in [0.25, 0.3) is 17.0 Å². The third-order valence-electron chi connectivity index (χ3n) is 5.71. The number of piperidine rings is 1. The lowest BCUT2D eigenvalue weighted by atomic mass is 9.95. The van der Waals surface area contributed by atoms with Gasteiger partial charge >= 0.3 is 6.18 Å². The van der Waals surface area contributed by atoms with Crippen molar-refractivity contribution in [3.05, 3.63) is 47.3 Å². The Labute approximate surface area is 176 Å². The monoisotopic (exact) mass is 420 g/mol. The number of nitrogens with zero attached hydrogens (tertiary/aromatic N) is 4. The minimum absolute atomic E-state index is 0.0101. The van der Waals surface area contributed by atoms with Crippen molar-refractivity contribution in [2.45, 2.75) is 45.5 Å². The number of likely N-dealkylation sites (tertiary alicyclic amines) is 1. The maximum atomic E-state index is 12.8. The average Bonchev–Trinajstić information content (AvgIpc) is 2.73. The zero-order valence-corrected chi connectivity index (χ0v) is 17.7. The van der Waals surface area contributed by atoms with Gasteiger partial charge in [0.25, 0.3) is 0 Å². The van der Waals surface area contributed by atoms with Crippen LogP contribution in [0.4, 0.5) is 19.1 Å². The van der Waals surface area contributed by atoms with Gasteiger partial charge in [-0.15, -0.1) is 6.54 Å². The summed E-state index contributed by atoms with van der Waals surface area (Å²) in [4.78, 5) is 13.6. The first-order chi connectivity index (χ1) is 14.2. The van der Waals surface area contributed by atoms with Crippen molar-refractivity contribution in [2.24, 2.45) is 5.92 Å². The fourth-order valence-corrected chi connectivity index (χ4v) is 3.84. The molecule has 1 fully saturated rings.